The fraction of sp³-hybridized carbons (Fsp3) is 0.333. The maximum absolute atomic E-state index is 13.4. The number of primary amides is 1. The van der Waals surface area contributed by atoms with Gasteiger partial charge in [-0.25, -0.2) is 18.3 Å². The molecular weight excluding hydrogens is 706 g/mol. The number of fused-ring (bicyclic) bond motifs is 1. The number of hydrogen-bond acceptors (Lipinski definition) is 6. The van der Waals surface area contributed by atoms with E-state index in [1.165, 1.54) is 23.6 Å². The van der Waals surface area contributed by atoms with Crippen molar-refractivity contribution in [2.45, 2.75) is 87.2 Å². The van der Waals surface area contributed by atoms with E-state index in [4.69, 9.17) is 21.5 Å². The third-order valence-corrected chi connectivity index (χ3v) is 6.20. The van der Waals surface area contributed by atoms with Crippen LogP contribution in [0.3, 0.4) is 0 Å². The average molecular weight is 759 g/mol. The van der Waals surface area contributed by atoms with Gasteiger partial charge in [0.05, 0.1) is 6.20 Å². The lowest BCUT2D eigenvalue weighted by Crippen LogP contribution is -2.28. The molecule has 1 atom stereocenters. The smallest absolute Gasteiger partial charge is 0.290 e. The molecule has 53 heavy (non-hydrogen) atoms. The number of halogens is 3. The topological polar surface area (TPSA) is 169 Å². The summed E-state index contributed by atoms with van der Waals surface area (Å²) in [6, 6.07) is 12.5. The van der Waals surface area contributed by atoms with E-state index < -0.39 is 23.4 Å². The van der Waals surface area contributed by atoms with Crippen LogP contribution in [-0.4, -0.2) is 49.3 Å². The molecule has 0 saturated heterocycles. The summed E-state index contributed by atoms with van der Waals surface area (Å²) in [5.74, 6) is -3.27. The molecule has 0 fully saturated rings. The summed E-state index contributed by atoms with van der Waals surface area (Å²) in [5.41, 5.74) is 8.13. The van der Waals surface area contributed by atoms with Crippen molar-refractivity contribution in [3.05, 3.63) is 124 Å². The molecule has 4 aromatic rings. The van der Waals surface area contributed by atoms with Gasteiger partial charge in [0.25, 0.3) is 18.3 Å². The molecule has 4 rings (SSSR count). The third kappa shape index (κ3) is 21.5. The average Bonchev–Trinajstić information content (AvgIpc) is 3.50. The second-order valence-corrected chi connectivity index (χ2v) is 11.3. The molecule has 0 aliphatic carbocycles. The van der Waals surface area contributed by atoms with Gasteiger partial charge in [-0.2, -0.15) is 5.10 Å². The van der Waals surface area contributed by atoms with E-state index >= 15 is 0 Å². The minimum absolute atomic E-state index is 0.00849. The largest absolute Gasteiger partial charge is 0.483 e. The number of carbonyl (C=O) groups is 4. The molecule has 0 aliphatic heterocycles. The van der Waals surface area contributed by atoms with Gasteiger partial charge in [0.15, 0.2) is 17.3 Å². The second-order valence-electron chi connectivity index (χ2n) is 10.6. The number of hydrogen-bond donors (Lipinski definition) is 4. The molecule has 2 aromatic heterocycles. The number of carboxylic acid groups (broad SMARTS) is 1. The number of nitrogens with zero attached hydrogens (tertiary/aromatic N) is 3. The Morgan fingerprint density at radius 1 is 0.943 bits per heavy atom. The fourth-order valence-corrected chi connectivity index (χ4v) is 3.90. The van der Waals surface area contributed by atoms with Crippen LogP contribution in [0.5, 0.6) is 0 Å². The van der Waals surface area contributed by atoms with E-state index in [1.54, 1.807) is 13.1 Å². The van der Waals surface area contributed by atoms with Gasteiger partial charge >= 0.3 is 0 Å². The second kappa shape index (κ2) is 29.2. The molecule has 0 spiro atoms. The lowest BCUT2D eigenvalue weighted by Gasteiger charge is -2.10. The van der Waals surface area contributed by atoms with Crippen molar-refractivity contribution in [1.29, 1.82) is 0 Å². The Bertz CT molecular complexity index is 1740. The summed E-state index contributed by atoms with van der Waals surface area (Å²) in [6.45, 7) is 17.1. The first-order valence-corrected chi connectivity index (χ1v) is 17.2. The predicted molar refractivity (Wildman–Crippen MR) is 208 cm³/mol. The van der Waals surface area contributed by atoms with Crippen molar-refractivity contribution in [2.24, 2.45) is 5.73 Å². The van der Waals surface area contributed by atoms with Crippen molar-refractivity contribution in [3.8, 4) is 0 Å². The van der Waals surface area contributed by atoms with Crippen molar-refractivity contribution >= 4 is 41.4 Å². The number of aryl methyl sites for hydroxylation is 2. The van der Waals surface area contributed by atoms with Crippen LogP contribution in [0.4, 0.5) is 8.78 Å². The number of benzene rings is 2. The predicted octanol–water partition coefficient (Wildman–Crippen LogP) is 7.87. The van der Waals surface area contributed by atoms with Crippen LogP contribution in [0.25, 0.3) is 5.65 Å². The minimum Gasteiger partial charge on any atom is -0.483 e. The fourth-order valence-electron chi connectivity index (χ4n) is 3.75. The molecule has 2 aromatic carbocycles. The highest BCUT2D eigenvalue weighted by molar-refractivity contribution is 6.21. The van der Waals surface area contributed by atoms with E-state index in [1.807, 2.05) is 78.0 Å². The Morgan fingerprint density at radius 2 is 1.47 bits per heavy atom. The van der Waals surface area contributed by atoms with E-state index in [0.29, 0.717) is 23.3 Å². The SMILES string of the molecule is C/C=C\C(C)Cl.C/C=C\CC.CC.CC(N)=O.Cc1ccc(CNC(=O)c2cc(C(=O)NCc3ccc(F)c(F)c3)nc3c(C)cnn23)cc1.O=CO. The highest BCUT2D eigenvalue weighted by atomic mass is 35.5. The Hall–Kier alpha value is -5.43. The van der Waals surface area contributed by atoms with Crippen molar-refractivity contribution in [2.75, 3.05) is 0 Å². The zero-order chi connectivity index (χ0) is 40.9. The maximum Gasteiger partial charge on any atom is 0.290 e. The molecule has 11 nitrogen and oxygen atoms in total. The van der Waals surface area contributed by atoms with Crippen LogP contribution in [0.15, 0.2) is 79.0 Å². The molecule has 3 amide bonds. The van der Waals surface area contributed by atoms with Gasteiger partial charge in [-0.3, -0.25) is 19.2 Å². The standard InChI is InChI=1S/C24H21F2N5O2.C5H9Cl.C5H10.C2H5NO.C2H6.CH2O2/c1-14-3-5-16(6-4-14)12-28-24(33)21-10-20(30-22-15(2)11-29-31(21)22)23(32)27-13-17-7-8-18(25)19(26)9-17;1-3-4-5(2)6;1-3-5-4-2;1-2(3)4;1-2;2-1-3/h3-11H,12-13H2,1-2H3,(H,27,32)(H,28,33);3-5H,1-2H3;3,5H,4H2,1-2H3;1H3,(H2,3,4);1-2H3;1H,(H,2,3)/b;4-3-;5-3-;;;. The van der Waals surface area contributed by atoms with Gasteiger partial charge in [-0.15, -0.1) is 11.6 Å². The number of nitrogens with two attached hydrogens (primary N) is 1. The van der Waals surface area contributed by atoms with E-state index in [-0.39, 0.29) is 35.7 Å². The normalized spacial score (nSPS) is 10.3. The molecule has 0 saturated carbocycles. The summed E-state index contributed by atoms with van der Waals surface area (Å²) in [4.78, 5) is 47.6. The van der Waals surface area contributed by atoms with Crippen LogP contribution in [-0.2, 0) is 22.7 Å². The summed E-state index contributed by atoms with van der Waals surface area (Å²) in [6.07, 6.45) is 10.8. The van der Waals surface area contributed by atoms with Gasteiger partial charge in [0.2, 0.25) is 5.91 Å². The lowest BCUT2D eigenvalue weighted by molar-refractivity contribution is -0.123. The number of aromatic nitrogens is 3. The van der Waals surface area contributed by atoms with Crippen molar-refractivity contribution in [1.82, 2.24) is 25.2 Å². The molecule has 290 valence electrons. The first-order chi connectivity index (χ1) is 25.1. The Balaban J connectivity index is 0. The van der Waals surface area contributed by atoms with Gasteiger partial charge < -0.3 is 21.5 Å². The lowest BCUT2D eigenvalue weighted by atomic mass is 10.1. The summed E-state index contributed by atoms with van der Waals surface area (Å²) in [7, 11) is 0. The number of alkyl halides is 1. The van der Waals surface area contributed by atoms with E-state index in [2.05, 4.69) is 45.5 Å². The highest BCUT2D eigenvalue weighted by Crippen LogP contribution is 2.14. The van der Waals surface area contributed by atoms with Crippen LogP contribution >= 0.6 is 11.6 Å². The molecule has 0 bridgehead atoms. The first kappa shape index (κ1) is 49.7. The summed E-state index contributed by atoms with van der Waals surface area (Å²) >= 11 is 5.49. The number of nitrogens with one attached hydrogen (secondary N) is 2. The quantitative estimate of drug-likeness (QED) is 0.0806. The Labute approximate surface area is 316 Å². The van der Waals surface area contributed by atoms with Gasteiger partial charge in [0.1, 0.15) is 11.4 Å². The number of amides is 3. The van der Waals surface area contributed by atoms with Gasteiger partial charge in [-0.05, 0) is 64.3 Å². The monoisotopic (exact) mass is 758 g/mol. The maximum atomic E-state index is 13.4. The molecule has 0 aliphatic rings. The zero-order valence-corrected chi connectivity index (χ0v) is 32.7. The zero-order valence-electron chi connectivity index (χ0n) is 31.9. The molecule has 14 heteroatoms. The van der Waals surface area contributed by atoms with Crippen molar-refractivity contribution in [3.63, 3.8) is 0 Å². The summed E-state index contributed by atoms with van der Waals surface area (Å²) < 4.78 is 27.9. The Kier molecular flexibility index (Phi) is 27.4. The molecule has 0 radical (unpaired) electrons. The van der Waals surface area contributed by atoms with E-state index in [0.717, 1.165) is 29.7 Å². The van der Waals surface area contributed by atoms with Gasteiger partial charge in [-0.1, -0.05) is 81.0 Å². The summed E-state index contributed by atoms with van der Waals surface area (Å²) in [5, 5.41) is 16.7. The van der Waals surface area contributed by atoms with Crippen LogP contribution in [0.2, 0.25) is 0 Å². The molecular formula is C39H53ClF2N6O5. The minimum atomic E-state index is -0.997. The van der Waals surface area contributed by atoms with E-state index in [9.17, 15) is 23.2 Å². The van der Waals surface area contributed by atoms with Crippen LogP contribution < -0.4 is 16.4 Å². The number of carbonyl (C=O) groups excluding carboxylic acids is 3. The first-order valence-electron chi connectivity index (χ1n) is 16.8. The van der Waals surface area contributed by atoms with Gasteiger partial charge in [0, 0.05) is 37.0 Å². The highest BCUT2D eigenvalue weighted by Gasteiger charge is 2.19. The van der Waals surface area contributed by atoms with Crippen LogP contribution in [0.1, 0.15) is 98.1 Å². The number of allylic oxidation sites excluding steroid dienone is 4. The van der Waals surface area contributed by atoms with Crippen LogP contribution in [0, 0.1) is 25.5 Å². The number of rotatable bonds is 8. The third-order valence-electron chi connectivity index (χ3n) is 6.05. The molecule has 2 heterocycles. The molecule has 1 unspecified atom stereocenters. The Morgan fingerprint density at radius 3 is 1.92 bits per heavy atom. The van der Waals surface area contributed by atoms with Crippen molar-refractivity contribution < 1.29 is 33.1 Å². The molecule has 5 N–H and O–H groups in total.